The highest BCUT2D eigenvalue weighted by Gasteiger charge is 2.21. The second kappa shape index (κ2) is 7.78. The maximum absolute atomic E-state index is 11.0. The number of esters is 1. The van der Waals surface area contributed by atoms with Crippen LogP contribution in [0.2, 0.25) is 0 Å². The second-order valence-electron chi connectivity index (χ2n) is 3.08. The van der Waals surface area contributed by atoms with E-state index < -0.39 is 18.2 Å². The van der Waals surface area contributed by atoms with E-state index in [0.717, 1.165) is 19.3 Å². The van der Waals surface area contributed by atoms with Gasteiger partial charge in [0.1, 0.15) is 0 Å². The molecule has 15 heavy (non-hydrogen) atoms. The molecule has 0 aromatic carbocycles. The Balaban J connectivity index is 3.87. The molecule has 1 atom stereocenters. The zero-order valence-electron chi connectivity index (χ0n) is 8.64. The molecule has 0 fully saturated rings. The molecule has 0 aliphatic rings. The molecule has 0 aromatic heterocycles. The van der Waals surface area contributed by atoms with E-state index in [-0.39, 0.29) is 0 Å². The first-order valence-electron chi connectivity index (χ1n) is 4.83. The lowest BCUT2D eigenvalue weighted by molar-refractivity contribution is -0.170. The summed E-state index contributed by atoms with van der Waals surface area (Å²) in [7, 11) is 0. The van der Waals surface area contributed by atoms with Gasteiger partial charge in [-0.1, -0.05) is 19.8 Å². The standard InChI is InChI=1S/C10H14N2O3/c1-2-3-4-5-9(13)15-10(14)8(6-11)7-12/h8-9,13H,2-5H2,1H3. The number of hydrogen-bond acceptors (Lipinski definition) is 5. The summed E-state index contributed by atoms with van der Waals surface area (Å²) in [6.07, 6.45) is 1.81. The summed E-state index contributed by atoms with van der Waals surface area (Å²) in [6.45, 7) is 2.01. The maximum Gasteiger partial charge on any atom is 0.340 e. The number of aliphatic hydroxyl groups is 1. The van der Waals surface area contributed by atoms with Gasteiger partial charge in [-0.2, -0.15) is 10.5 Å². The van der Waals surface area contributed by atoms with E-state index >= 15 is 0 Å². The van der Waals surface area contributed by atoms with Crippen LogP contribution in [0.15, 0.2) is 0 Å². The van der Waals surface area contributed by atoms with Crippen LogP contribution in [0.3, 0.4) is 0 Å². The summed E-state index contributed by atoms with van der Waals surface area (Å²) in [6, 6.07) is 2.95. The molecule has 0 aromatic rings. The van der Waals surface area contributed by atoms with Crippen LogP contribution in [0.1, 0.15) is 32.6 Å². The van der Waals surface area contributed by atoms with Gasteiger partial charge >= 0.3 is 5.97 Å². The summed E-state index contributed by atoms with van der Waals surface area (Å²) in [5.74, 6) is -2.44. The van der Waals surface area contributed by atoms with E-state index in [1.807, 2.05) is 6.92 Å². The van der Waals surface area contributed by atoms with Crippen LogP contribution in [0.4, 0.5) is 0 Å². The zero-order valence-corrected chi connectivity index (χ0v) is 8.64. The minimum atomic E-state index is -1.45. The van der Waals surface area contributed by atoms with Gasteiger partial charge in [0, 0.05) is 6.42 Å². The van der Waals surface area contributed by atoms with Crippen LogP contribution < -0.4 is 0 Å². The highest BCUT2D eigenvalue weighted by atomic mass is 16.6. The molecule has 0 bridgehead atoms. The first kappa shape index (κ1) is 13.4. The summed E-state index contributed by atoms with van der Waals surface area (Å²) < 4.78 is 4.51. The van der Waals surface area contributed by atoms with Crippen molar-refractivity contribution in [1.82, 2.24) is 0 Å². The molecule has 0 aliphatic heterocycles. The van der Waals surface area contributed by atoms with Crippen molar-refractivity contribution in [3.8, 4) is 12.1 Å². The predicted molar refractivity (Wildman–Crippen MR) is 51.0 cm³/mol. The third kappa shape index (κ3) is 5.66. The van der Waals surface area contributed by atoms with E-state index in [1.165, 1.54) is 12.1 Å². The van der Waals surface area contributed by atoms with E-state index in [4.69, 9.17) is 10.5 Å². The quantitative estimate of drug-likeness (QED) is 0.402. The van der Waals surface area contributed by atoms with Crippen molar-refractivity contribution in [2.24, 2.45) is 5.92 Å². The Labute approximate surface area is 88.9 Å². The molecular weight excluding hydrogens is 196 g/mol. The summed E-state index contributed by atoms with van der Waals surface area (Å²) in [5.41, 5.74) is 0. The Morgan fingerprint density at radius 1 is 1.40 bits per heavy atom. The molecule has 1 unspecified atom stereocenters. The molecule has 0 saturated heterocycles. The van der Waals surface area contributed by atoms with Crippen LogP contribution in [0.5, 0.6) is 0 Å². The van der Waals surface area contributed by atoms with Crippen molar-refractivity contribution in [2.75, 3.05) is 0 Å². The minimum Gasteiger partial charge on any atom is -0.434 e. The molecule has 0 rings (SSSR count). The number of rotatable bonds is 6. The Hall–Kier alpha value is -1.59. The average molecular weight is 210 g/mol. The van der Waals surface area contributed by atoms with Crippen LogP contribution in [0, 0.1) is 28.6 Å². The molecule has 1 N–H and O–H groups in total. The fraction of sp³-hybridized carbons (Fsp3) is 0.700. The smallest absolute Gasteiger partial charge is 0.340 e. The fourth-order valence-corrected chi connectivity index (χ4v) is 0.964. The van der Waals surface area contributed by atoms with Crippen molar-refractivity contribution in [1.29, 1.82) is 10.5 Å². The SMILES string of the molecule is CCCCCC(O)OC(=O)C(C#N)C#N. The van der Waals surface area contributed by atoms with Gasteiger partial charge in [0.15, 0.2) is 0 Å². The number of ether oxygens (including phenoxy) is 1. The molecule has 5 heteroatoms. The maximum atomic E-state index is 11.0. The largest absolute Gasteiger partial charge is 0.434 e. The van der Waals surface area contributed by atoms with Gasteiger partial charge < -0.3 is 9.84 Å². The molecule has 0 heterocycles. The number of nitrogens with zero attached hydrogens (tertiary/aromatic N) is 2. The van der Waals surface area contributed by atoms with Gasteiger partial charge in [-0.25, -0.2) is 4.79 Å². The van der Waals surface area contributed by atoms with Gasteiger partial charge in [-0.3, -0.25) is 0 Å². The number of nitriles is 2. The average Bonchev–Trinajstić information content (AvgIpc) is 2.20. The minimum absolute atomic E-state index is 0.336. The van der Waals surface area contributed by atoms with E-state index in [0.29, 0.717) is 6.42 Å². The lowest BCUT2D eigenvalue weighted by Gasteiger charge is -2.11. The second-order valence-corrected chi connectivity index (χ2v) is 3.08. The van der Waals surface area contributed by atoms with Crippen LogP contribution in [0.25, 0.3) is 0 Å². The Morgan fingerprint density at radius 3 is 2.47 bits per heavy atom. The topological polar surface area (TPSA) is 94.1 Å². The van der Waals surface area contributed by atoms with Crippen LogP contribution >= 0.6 is 0 Å². The lowest BCUT2D eigenvalue weighted by Crippen LogP contribution is -2.22. The van der Waals surface area contributed by atoms with Crippen molar-refractivity contribution < 1.29 is 14.6 Å². The van der Waals surface area contributed by atoms with Crippen molar-refractivity contribution in [2.45, 2.75) is 38.9 Å². The van der Waals surface area contributed by atoms with Crippen LogP contribution in [-0.4, -0.2) is 17.4 Å². The van der Waals surface area contributed by atoms with E-state index in [2.05, 4.69) is 4.74 Å². The van der Waals surface area contributed by atoms with Gasteiger partial charge in [-0.05, 0) is 6.42 Å². The molecule has 0 spiro atoms. The first-order chi connectivity index (χ1) is 7.15. The molecule has 5 nitrogen and oxygen atoms in total. The Kier molecular flexibility index (Phi) is 6.96. The monoisotopic (exact) mass is 210 g/mol. The molecule has 0 aliphatic carbocycles. The van der Waals surface area contributed by atoms with E-state index in [1.54, 1.807) is 0 Å². The molecule has 0 amide bonds. The number of unbranched alkanes of at least 4 members (excludes halogenated alkanes) is 2. The highest BCUT2D eigenvalue weighted by Crippen LogP contribution is 2.07. The van der Waals surface area contributed by atoms with Crippen LogP contribution in [-0.2, 0) is 9.53 Å². The van der Waals surface area contributed by atoms with Crippen molar-refractivity contribution >= 4 is 5.97 Å². The number of hydrogen-bond donors (Lipinski definition) is 1. The molecule has 82 valence electrons. The Bertz CT molecular complexity index is 263. The van der Waals surface area contributed by atoms with Gasteiger partial charge in [0.25, 0.3) is 0 Å². The molecule has 0 radical (unpaired) electrons. The fourth-order valence-electron chi connectivity index (χ4n) is 0.964. The normalized spacial score (nSPS) is 11.5. The highest BCUT2D eigenvalue weighted by molar-refractivity contribution is 5.78. The summed E-state index contributed by atoms with van der Waals surface area (Å²) in [5, 5.41) is 26.0. The molecular formula is C10H14N2O3. The summed E-state index contributed by atoms with van der Waals surface area (Å²) >= 11 is 0. The third-order valence-electron chi connectivity index (χ3n) is 1.80. The zero-order chi connectivity index (χ0) is 11.7. The van der Waals surface area contributed by atoms with Gasteiger partial charge in [0.2, 0.25) is 12.2 Å². The van der Waals surface area contributed by atoms with Crippen molar-refractivity contribution in [3.63, 3.8) is 0 Å². The van der Waals surface area contributed by atoms with Gasteiger partial charge in [0.05, 0.1) is 12.1 Å². The lowest BCUT2D eigenvalue weighted by atomic mass is 10.2. The predicted octanol–water partition coefficient (Wildman–Crippen LogP) is 1.09. The first-order valence-corrected chi connectivity index (χ1v) is 4.83. The van der Waals surface area contributed by atoms with Crippen molar-refractivity contribution in [3.05, 3.63) is 0 Å². The Morgan fingerprint density at radius 2 is 2.00 bits per heavy atom. The number of carbonyl (C=O) groups excluding carboxylic acids is 1. The third-order valence-corrected chi connectivity index (χ3v) is 1.80. The number of carbonyl (C=O) groups is 1. The van der Waals surface area contributed by atoms with E-state index in [9.17, 15) is 9.90 Å². The number of aliphatic hydroxyl groups excluding tert-OH is 1. The van der Waals surface area contributed by atoms with Gasteiger partial charge in [-0.15, -0.1) is 0 Å². The summed E-state index contributed by atoms with van der Waals surface area (Å²) in [4.78, 5) is 11.0. The molecule has 0 saturated carbocycles.